The lowest BCUT2D eigenvalue weighted by Crippen LogP contribution is -2.37. The molecule has 1 saturated carbocycles. The SMILES string of the molecule is CCc1cc(NC2CC2)nc(N2CCOCC2)n1. The van der Waals surface area contributed by atoms with E-state index in [0.29, 0.717) is 6.04 Å². The molecule has 1 aromatic heterocycles. The molecular formula is C13H20N4O. The quantitative estimate of drug-likeness (QED) is 0.874. The van der Waals surface area contributed by atoms with Gasteiger partial charge in [-0.3, -0.25) is 0 Å². The molecule has 18 heavy (non-hydrogen) atoms. The molecule has 0 radical (unpaired) electrons. The summed E-state index contributed by atoms with van der Waals surface area (Å²) < 4.78 is 5.37. The first-order valence-electron chi connectivity index (χ1n) is 6.82. The zero-order valence-electron chi connectivity index (χ0n) is 10.9. The van der Waals surface area contributed by atoms with Crippen molar-refractivity contribution in [2.24, 2.45) is 0 Å². The van der Waals surface area contributed by atoms with Crippen LogP contribution in [-0.4, -0.2) is 42.3 Å². The van der Waals surface area contributed by atoms with Crippen LogP contribution >= 0.6 is 0 Å². The van der Waals surface area contributed by atoms with Gasteiger partial charge in [-0.05, 0) is 19.3 Å². The lowest BCUT2D eigenvalue weighted by Gasteiger charge is -2.27. The summed E-state index contributed by atoms with van der Waals surface area (Å²) in [6, 6.07) is 2.70. The highest BCUT2D eigenvalue weighted by Gasteiger charge is 2.22. The molecule has 1 N–H and O–H groups in total. The van der Waals surface area contributed by atoms with Gasteiger partial charge < -0.3 is 15.0 Å². The maximum atomic E-state index is 5.37. The molecule has 0 amide bonds. The van der Waals surface area contributed by atoms with Crippen LogP contribution in [0.2, 0.25) is 0 Å². The van der Waals surface area contributed by atoms with E-state index in [1.165, 1.54) is 12.8 Å². The Bertz CT molecular complexity index is 413. The van der Waals surface area contributed by atoms with Gasteiger partial charge >= 0.3 is 0 Å². The van der Waals surface area contributed by atoms with E-state index in [2.05, 4.69) is 33.2 Å². The number of ether oxygens (including phenoxy) is 1. The zero-order chi connectivity index (χ0) is 12.4. The lowest BCUT2D eigenvalue weighted by atomic mass is 10.3. The fourth-order valence-electron chi connectivity index (χ4n) is 2.08. The third kappa shape index (κ3) is 2.72. The summed E-state index contributed by atoms with van der Waals surface area (Å²) in [5.74, 6) is 1.83. The van der Waals surface area contributed by atoms with Crippen molar-refractivity contribution in [2.75, 3.05) is 36.5 Å². The van der Waals surface area contributed by atoms with Crippen LogP contribution < -0.4 is 10.2 Å². The van der Waals surface area contributed by atoms with Gasteiger partial charge in [0, 0.05) is 30.9 Å². The van der Waals surface area contributed by atoms with Gasteiger partial charge in [0.25, 0.3) is 0 Å². The molecule has 1 aliphatic carbocycles. The maximum Gasteiger partial charge on any atom is 0.227 e. The van der Waals surface area contributed by atoms with Crippen LogP contribution in [0.1, 0.15) is 25.5 Å². The van der Waals surface area contributed by atoms with Gasteiger partial charge in [-0.2, -0.15) is 4.98 Å². The van der Waals surface area contributed by atoms with Crippen molar-refractivity contribution < 1.29 is 4.74 Å². The van der Waals surface area contributed by atoms with Crippen LogP contribution in [0.3, 0.4) is 0 Å². The largest absolute Gasteiger partial charge is 0.378 e. The molecular weight excluding hydrogens is 228 g/mol. The predicted octanol–water partition coefficient (Wildman–Crippen LogP) is 1.45. The van der Waals surface area contributed by atoms with E-state index in [0.717, 1.165) is 50.2 Å². The van der Waals surface area contributed by atoms with Crippen LogP contribution in [0, 0.1) is 0 Å². The third-order valence-electron chi connectivity index (χ3n) is 3.35. The van der Waals surface area contributed by atoms with Crippen LogP contribution in [0.5, 0.6) is 0 Å². The number of hydrogen-bond acceptors (Lipinski definition) is 5. The molecule has 1 saturated heterocycles. The number of aromatic nitrogens is 2. The van der Waals surface area contributed by atoms with Crippen LogP contribution in [-0.2, 0) is 11.2 Å². The van der Waals surface area contributed by atoms with E-state index < -0.39 is 0 Å². The van der Waals surface area contributed by atoms with E-state index in [4.69, 9.17) is 4.74 Å². The number of aryl methyl sites for hydroxylation is 1. The number of anilines is 2. The maximum absolute atomic E-state index is 5.37. The fourth-order valence-corrected chi connectivity index (χ4v) is 2.08. The summed E-state index contributed by atoms with van der Waals surface area (Å²) in [7, 11) is 0. The smallest absolute Gasteiger partial charge is 0.227 e. The van der Waals surface area contributed by atoms with Crippen molar-refractivity contribution >= 4 is 11.8 Å². The molecule has 5 nitrogen and oxygen atoms in total. The second-order valence-corrected chi connectivity index (χ2v) is 4.92. The van der Waals surface area contributed by atoms with Crippen LogP contribution in [0.25, 0.3) is 0 Å². The topological polar surface area (TPSA) is 50.3 Å². The van der Waals surface area contributed by atoms with Gasteiger partial charge in [0.05, 0.1) is 13.2 Å². The minimum atomic E-state index is 0.627. The molecule has 2 heterocycles. The molecule has 1 aromatic rings. The van der Waals surface area contributed by atoms with Crippen molar-refractivity contribution in [1.82, 2.24) is 9.97 Å². The molecule has 98 valence electrons. The number of nitrogens with zero attached hydrogens (tertiary/aromatic N) is 3. The van der Waals surface area contributed by atoms with E-state index in [1.54, 1.807) is 0 Å². The molecule has 0 spiro atoms. The first-order valence-corrected chi connectivity index (χ1v) is 6.82. The zero-order valence-corrected chi connectivity index (χ0v) is 10.9. The van der Waals surface area contributed by atoms with Gasteiger partial charge in [-0.25, -0.2) is 4.98 Å². The number of nitrogens with one attached hydrogen (secondary N) is 1. The number of rotatable bonds is 4. The summed E-state index contributed by atoms with van der Waals surface area (Å²) >= 11 is 0. The highest BCUT2D eigenvalue weighted by atomic mass is 16.5. The fraction of sp³-hybridized carbons (Fsp3) is 0.692. The molecule has 3 rings (SSSR count). The highest BCUT2D eigenvalue weighted by molar-refractivity contribution is 5.45. The Balaban J connectivity index is 1.81. The van der Waals surface area contributed by atoms with E-state index in [1.807, 2.05) is 0 Å². The molecule has 0 aromatic carbocycles. The Morgan fingerprint density at radius 2 is 2.11 bits per heavy atom. The Hall–Kier alpha value is -1.36. The van der Waals surface area contributed by atoms with Gasteiger partial charge in [0.15, 0.2) is 0 Å². The van der Waals surface area contributed by atoms with Gasteiger partial charge in [0.1, 0.15) is 5.82 Å². The molecule has 1 aliphatic heterocycles. The Morgan fingerprint density at radius 1 is 1.33 bits per heavy atom. The molecule has 2 fully saturated rings. The van der Waals surface area contributed by atoms with Crippen molar-refractivity contribution in [1.29, 1.82) is 0 Å². The third-order valence-corrected chi connectivity index (χ3v) is 3.35. The van der Waals surface area contributed by atoms with Gasteiger partial charge in [0.2, 0.25) is 5.95 Å². The average Bonchev–Trinajstić information content (AvgIpc) is 3.23. The van der Waals surface area contributed by atoms with Crippen LogP contribution in [0.15, 0.2) is 6.07 Å². The standard InChI is InChI=1S/C13H20N4O/c1-2-10-9-12(14-11-3-4-11)16-13(15-10)17-5-7-18-8-6-17/h9,11H,2-8H2,1H3,(H,14,15,16). The summed E-state index contributed by atoms with van der Waals surface area (Å²) in [5.41, 5.74) is 1.11. The van der Waals surface area contributed by atoms with Gasteiger partial charge in [-0.15, -0.1) is 0 Å². The van der Waals surface area contributed by atoms with Crippen LogP contribution in [0.4, 0.5) is 11.8 Å². The summed E-state index contributed by atoms with van der Waals surface area (Å²) in [6.45, 7) is 5.44. The highest BCUT2D eigenvalue weighted by Crippen LogP contribution is 2.25. The Kier molecular flexibility index (Phi) is 3.32. The van der Waals surface area contributed by atoms with E-state index in [-0.39, 0.29) is 0 Å². The molecule has 5 heteroatoms. The number of morpholine rings is 1. The number of hydrogen-bond donors (Lipinski definition) is 1. The molecule has 0 bridgehead atoms. The van der Waals surface area contributed by atoms with Crippen molar-refractivity contribution in [3.63, 3.8) is 0 Å². The summed E-state index contributed by atoms with van der Waals surface area (Å²) in [4.78, 5) is 11.5. The average molecular weight is 248 g/mol. The Morgan fingerprint density at radius 3 is 2.78 bits per heavy atom. The minimum absolute atomic E-state index is 0.627. The van der Waals surface area contributed by atoms with Crippen molar-refractivity contribution in [2.45, 2.75) is 32.2 Å². The first-order chi connectivity index (χ1) is 8.85. The second kappa shape index (κ2) is 5.10. The van der Waals surface area contributed by atoms with E-state index in [9.17, 15) is 0 Å². The molecule has 0 unspecified atom stereocenters. The first kappa shape index (κ1) is 11.7. The summed E-state index contributed by atoms with van der Waals surface area (Å²) in [5, 5.41) is 3.46. The molecule has 0 atom stereocenters. The Labute approximate surface area is 108 Å². The minimum Gasteiger partial charge on any atom is -0.378 e. The van der Waals surface area contributed by atoms with Gasteiger partial charge in [-0.1, -0.05) is 6.92 Å². The summed E-state index contributed by atoms with van der Waals surface area (Å²) in [6.07, 6.45) is 3.47. The van der Waals surface area contributed by atoms with Crippen molar-refractivity contribution in [3.05, 3.63) is 11.8 Å². The monoisotopic (exact) mass is 248 g/mol. The van der Waals surface area contributed by atoms with E-state index >= 15 is 0 Å². The molecule has 2 aliphatic rings. The lowest BCUT2D eigenvalue weighted by molar-refractivity contribution is 0.122. The van der Waals surface area contributed by atoms with Crippen molar-refractivity contribution in [3.8, 4) is 0 Å². The second-order valence-electron chi connectivity index (χ2n) is 4.92. The predicted molar refractivity (Wildman–Crippen MR) is 71.1 cm³/mol. The normalized spacial score (nSPS) is 19.9.